The molecular weight excluding hydrogens is 630 g/mol. The van der Waals surface area contributed by atoms with Crippen molar-refractivity contribution in [2.24, 2.45) is 5.92 Å². The molecule has 1 aliphatic carbocycles. The number of nitrogens with two attached hydrogens (primary N) is 1. The minimum Gasteiger partial charge on any atom is -0.390 e. The summed E-state index contributed by atoms with van der Waals surface area (Å²) < 4.78 is 56.3. The number of aromatic amines is 1. The van der Waals surface area contributed by atoms with Crippen LogP contribution in [0, 0.1) is 5.92 Å². The quantitative estimate of drug-likeness (QED) is 0.146. The Kier molecular flexibility index (Phi) is 7.22. The van der Waals surface area contributed by atoms with Crippen LogP contribution in [0.4, 0.5) is 5.82 Å². The van der Waals surface area contributed by atoms with Gasteiger partial charge in [-0.2, -0.15) is 0 Å². The van der Waals surface area contributed by atoms with E-state index in [1.54, 1.807) is 6.07 Å². The van der Waals surface area contributed by atoms with E-state index in [4.69, 9.17) is 28.6 Å². The van der Waals surface area contributed by atoms with Crippen LogP contribution in [0.15, 0.2) is 36.0 Å². The minimum absolute atomic E-state index is 0.0165. The molecule has 0 radical (unpaired) electrons. The van der Waals surface area contributed by atoms with Crippen molar-refractivity contribution in [3.63, 3.8) is 0 Å². The summed E-state index contributed by atoms with van der Waals surface area (Å²) >= 11 is 0. The van der Waals surface area contributed by atoms with Crippen molar-refractivity contribution in [2.75, 3.05) is 18.9 Å². The van der Waals surface area contributed by atoms with Gasteiger partial charge in [-0.05, 0) is 12.5 Å². The number of aliphatic hydroxyl groups is 2. The number of anilines is 1. The molecule has 7 N–H and O–H groups in total. The van der Waals surface area contributed by atoms with Gasteiger partial charge in [0.1, 0.15) is 42.2 Å². The lowest BCUT2D eigenvalue weighted by atomic mass is 10.1. The first-order chi connectivity index (χ1) is 20.9. The Morgan fingerprint density at radius 1 is 0.955 bits per heavy atom. The number of aromatic nitrogens is 7. The number of H-pyrrole nitrogens is 1. The number of nitrogen functional groups attached to an aromatic ring is 1. The van der Waals surface area contributed by atoms with Crippen LogP contribution in [0.2, 0.25) is 0 Å². The van der Waals surface area contributed by atoms with E-state index in [1.807, 2.05) is 0 Å². The van der Waals surface area contributed by atoms with Crippen LogP contribution in [0.25, 0.3) is 22.2 Å². The van der Waals surface area contributed by atoms with E-state index in [-0.39, 0.29) is 29.0 Å². The molecule has 0 amide bonds. The second kappa shape index (κ2) is 10.7. The Bertz CT molecular complexity index is 1880. The van der Waals surface area contributed by atoms with Gasteiger partial charge in [0, 0.05) is 12.1 Å². The number of nitrogens with one attached hydrogen (secondary N) is 1. The summed E-state index contributed by atoms with van der Waals surface area (Å²) in [5.41, 5.74) is 5.74. The van der Waals surface area contributed by atoms with E-state index < -0.39 is 83.1 Å². The van der Waals surface area contributed by atoms with Gasteiger partial charge in [-0.25, -0.2) is 29.1 Å². The van der Waals surface area contributed by atoms with Crippen LogP contribution in [0.3, 0.4) is 0 Å². The van der Waals surface area contributed by atoms with Gasteiger partial charge in [0.25, 0.3) is 5.56 Å². The first kappa shape index (κ1) is 29.6. The van der Waals surface area contributed by atoms with Crippen molar-refractivity contribution in [1.29, 1.82) is 0 Å². The second-order valence-electron chi connectivity index (χ2n) is 10.6. The molecule has 3 aliphatic rings. The molecule has 2 aliphatic heterocycles. The average Bonchev–Trinajstić information content (AvgIpc) is 3.73. The predicted octanol–water partition coefficient (Wildman–Crippen LogP) is -0.655. The van der Waals surface area contributed by atoms with E-state index in [1.165, 1.54) is 28.0 Å². The zero-order chi connectivity index (χ0) is 31.0. The van der Waals surface area contributed by atoms with Crippen molar-refractivity contribution in [2.45, 2.75) is 49.2 Å². The maximum Gasteiger partial charge on any atom is 0.472 e. The highest BCUT2D eigenvalue weighted by Gasteiger charge is 2.53. The first-order valence-corrected chi connectivity index (χ1v) is 16.2. The van der Waals surface area contributed by atoms with E-state index in [0.29, 0.717) is 5.39 Å². The lowest BCUT2D eigenvalue weighted by Crippen LogP contribution is -2.36. The summed E-state index contributed by atoms with van der Waals surface area (Å²) in [5, 5.41) is 22.7. The second-order valence-corrected chi connectivity index (χ2v) is 13.4. The monoisotopic (exact) mass is 656 g/mol. The summed E-state index contributed by atoms with van der Waals surface area (Å²) in [6.45, 7) is -1.32. The predicted molar refractivity (Wildman–Crippen MR) is 144 cm³/mol. The highest BCUT2D eigenvalue weighted by Crippen LogP contribution is 2.55. The number of nitrogens with zero attached hydrogens (tertiary/aromatic N) is 6. The molecule has 5 unspecified atom stereocenters. The standard InChI is InChI=1S/C22H26N8O12P2/c23-18-10-1-2-29(19(10)25-6-24-18)22-15(32)17-12(40-22)5-39-44(36,37)41-16-11(3-9(14(16)31)4-38-43(34,35)42-17)30-8-28-13-20(30)26-7-27-21(13)33/h1-2,6-9,11-12,14-17,22,31-32H,3-5H2,(H,34,35)(H,36,37)(H2,23,24,25)(H,26,27,33)/t9-,11-,12?,14?,15+,16?,17+,22-/m1/s1. The third-order valence-corrected chi connectivity index (χ3v) is 9.92. The Balaban J connectivity index is 1.20. The van der Waals surface area contributed by atoms with Crippen molar-refractivity contribution < 1.29 is 52.0 Å². The van der Waals surface area contributed by atoms with E-state index >= 15 is 0 Å². The number of rotatable bonds is 2. The van der Waals surface area contributed by atoms with Gasteiger partial charge in [-0.3, -0.25) is 22.9 Å². The molecule has 1 saturated carbocycles. The molecule has 0 spiro atoms. The maximum atomic E-state index is 13.2. The van der Waals surface area contributed by atoms with E-state index in [0.717, 1.165) is 6.33 Å². The third kappa shape index (κ3) is 5.07. The molecule has 0 aromatic carbocycles. The Morgan fingerprint density at radius 2 is 1.70 bits per heavy atom. The van der Waals surface area contributed by atoms with Crippen LogP contribution in [-0.2, 0) is 32.0 Å². The molecule has 4 aromatic heterocycles. The zero-order valence-electron chi connectivity index (χ0n) is 22.3. The van der Waals surface area contributed by atoms with Gasteiger partial charge in [-0.1, -0.05) is 0 Å². The molecule has 3 fully saturated rings. The van der Waals surface area contributed by atoms with Crippen LogP contribution in [0.1, 0.15) is 18.7 Å². The zero-order valence-corrected chi connectivity index (χ0v) is 24.1. The molecule has 236 valence electrons. The normalized spacial score (nSPS) is 38.3. The van der Waals surface area contributed by atoms with E-state index in [2.05, 4.69) is 24.9 Å². The maximum absolute atomic E-state index is 13.2. The number of hydrogen-bond donors (Lipinski definition) is 6. The molecule has 10 atom stereocenters. The molecule has 20 nitrogen and oxygen atoms in total. The number of imidazole rings is 1. The van der Waals surface area contributed by atoms with Gasteiger partial charge in [0.05, 0.1) is 43.4 Å². The van der Waals surface area contributed by atoms with Crippen molar-refractivity contribution in [1.82, 2.24) is 34.1 Å². The molecule has 7 rings (SSSR count). The van der Waals surface area contributed by atoms with Crippen molar-refractivity contribution in [3.05, 3.63) is 41.6 Å². The molecule has 6 heterocycles. The Morgan fingerprint density at radius 3 is 2.50 bits per heavy atom. The SMILES string of the molecule is Nc1ncnc2c1ccn2[C@@H]1OC2COP(=O)(O)OC3C(O)[C@@H](COP(=O)(O)O[C@@H]2[C@@H]1O)C[C@H]3n1cnc2c(=O)[nH]cnc21. The largest absolute Gasteiger partial charge is 0.472 e. The van der Waals surface area contributed by atoms with Gasteiger partial charge in [-0.15, -0.1) is 0 Å². The highest BCUT2D eigenvalue weighted by molar-refractivity contribution is 7.47. The summed E-state index contributed by atoms with van der Waals surface area (Å²) in [4.78, 5) is 52.2. The Hall–Kier alpha value is -3.13. The molecule has 4 aromatic rings. The topological polar surface area (TPSA) is 282 Å². The molecule has 2 bridgehead atoms. The number of ether oxygens (including phenoxy) is 1. The van der Waals surface area contributed by atoms with Crippen molar-refractivity contribution >= 4 is 43.7 Å². The van der Waals surface area contributed by atoms with Gasteiger partial charge >= 0.3 is 15.6 Å². The fraction of sp³-hybridized carbons (Fsp3) is 0.500. The molecular formula is C22H26N8O12P2. The fourth-order valence-electron chi connectivity index (χ4n) is 5.89. The number of aliphatic hydroxyl groups excluding tert-OH is 2. The minimum atomic E-state index is -4.99. The number of hydrogen-bond acceptors (Lipinski definition) is 15. The summed E-state index contributed by atoms with van der Waals surface area (Å²) in [6, 6.07) is 0.650. The number of phosphoric ester groups is 2. The van der Waals surface area contributed by atoms with Crippen molar-refractivity contribution in [3.8, 4) is 0 Å². The van der Waals surface area contributed by atoms with Gasteiger partial charge in [0.2, 0.25) is 0 Å². The van der Waals surface area contributed by atoms with Gasteiger partial charge < -0.3 is 44.6 Å². The first-order valence-electron chi connectivity index (χ1n) is 13.2. The fourth-order valence-corrected chi connectivity index (χ4v) is 7.87. The summed E-state index contributed by atoms with van der Waals surface area (Å²) in [7, 11) is -9.93. The van der Waals surface area contributed by atoms with Gasteiger partial charge in [0.15, 0.2) is 17.4 Å². The van der Waals surface area contributed by atoms with Crippen LogP contribution < -0.4 is 11.3 Å². The smallest absolute Gasteiger partial charge is 0.390 e. The summed E-state index contributed by atoms with van der Waals surface area (Å²) in [6.07, 6.45) is -3.73. The molecule has 22 heteroatoms. The van der Waals surface area contributed by atoms with Crippen LogP contribution >= 0.6 is 15.6 Å². The molecule has 2 saturated heterocycles. The van der Waals surface area contributed by atoms with Crippen LogP contribution in [0.5, 0.6) is 0 Å². The number of fused-ring (bicyclic) bond motifs is 5. The third-order valence-electron chi connectivity index (χ3n) is 7.95. The Labute approximate surface area is 245 Å². The summed E-state index contributed by atoms with van der Waals surface area (Å²) in [5.74, 6) is -0.768. The molecule has 44 heavy (non-hydrogen) atoms. The average molecular weight is 656 g/mol. The lowest BCUT2D eigenvalue weighted by Gasteiger charge is -2.26. The lowest BCUT2D eigenvalue weighted by molar-refractivity contribution is -0.0550. The van der Waals surface area contributed by atoms with E-state index in [9.17, 15) is 33.9 Å². The van der Waals surface area contributed by atoms with Crippen LogP contribution in [-0.4, -0.2) is 97.8 Å². The highest BCUT2D eigenvalue weighted by atomic mass is 31.2. The number of phosphoric acid groups is 2.